The minimum absolute atomic E-state index is 0.0694. The van der Waals surface area contributed by atoms with E-state index in [1.807, 2.05) is 24.4 Å². The zero-order chi connectivity index (χ0) is 22.4. The molecule has 3 N–H and O–H groups in total. The van der Waals surface area contributed by atoms with Crippen LogP contribution in [0.2, 0.25) is 5.02 Å². The van der Waals surface area contributed by atoms with Gasteiger partial charge in [0.05, 0.1) is 18.6 Å². The number of amides is 3. The summed E-state index contributed by atoms with van der Waals surface area (Å²) in [6, 6.07) is 11.8. The van der Waals surface area contributed by atoms with E-state index in [1.54, 1.807) is 42.0 Å². The van der Waals surface area contributed by atoms with Crippen LogP contribution in [0.25, 0.3) is 5.69 Å². The molecule has 0 aliphatic heterocycles. The Morgan fingerprint density at radius 3 is 2.52 bits per heavy atom. The average molecular weight is 462 g/mol. The van der Waals surface area contributed by atoms with Gasteiger partial charge < -0.3 is 15.2 Å². The minimum Gasteiger partial charge on any atom is -0.497 e. The summed E-state index contributed by atoms with van der Waals surface area (Å²) < 4.78 is 12.7. The van der Waals surface area contributed by atoms with Crippen LogP contribution >= 0.6 is 23.4 Å². The van der Waals surface area contributed by atoms with E-state index in [1.165, 1.54) is 0 Å². The number of carbonyl (C=O) groups excluding carboxylic acids is 2. The molecular weight excluding hydrogens is 442 g/mol. The van der Waals surface area contributed by atoms with Gasteiger partial charge >= 0.3 is 6.03 Å². The maximum Gasteiger partial charge on any atom is 0.318 e. The molecule has 9 nitrogen and oxygen atoms in total. The Morgan fingerprint density at radius 2 is 1.87 bits per heavy atom. The second kappa shape index (κ2) is 10.2. The van der Waals surface area contributed by atoms with Crippen LogP contribution in [0.3, 0.4) is 0 Å². The Balaban J connectivity index is 1.85. The number of aryl methyl sites for hydroxylation is 1. The van der Waals surface area contributed by atoms with Crippen LogP contribution in [0.4, 0.5) is 4.79 Å². The van der Waals surface area contributed by atoms with Crippen molar-refractivity contribution in [2.75, 3.05) is 12.9 Å². The van der Waals surface area contributed by atoms with Gasteiger partial charge in [-0.2, -0.15) is 0 Å². The second-order valence-electron chi connectivity index (χ2n) is 6.33. The van der Waals surface area contributed by atoms with Crippen molar-refractivity contribution in [1.29, 1.82) is 0 Å². The number of aromatic nitrogens is 3. The SMILES string of the molecule is COc1ccc(OCc2nnc(SCC(=O)NC(N)=O)n2-c2ccc(C)c(Cl)c2)cc1. The van der Waals surface area contributed by atoms with Crippen LogP contribution in [0.5, 0.6) is 11.5 Å². The number of nitrogens with zero attached hydrogens (tertiary/aromatic N) is 3. The van der Waals surface area contributed by atoms with Crippen molar-refractivity contribution in [2.24, 2.45) is 5.73 Å². The monoisotopic (exact) mass is 461 g/mol. The standard InChI is InChI=1S/C20H20ClN5O4S/c1-12-3-4-13(9-16(12)21)26-17(10-30-15-7-5-14(29-2)6-8-15)24-25-20(26)31-11-18(27)23-19(22)28/h3-9H,10-11H2,1-2H3,(H3,22,23,27,28). The number of benzene rings is 2. The summed E-state index contributed by atoms with van der Waals surface area (Å²) in [6.07, 6.45) is 0. The fourth-order valence-corrected chi connectivity index (χ4v) is 3.54. The molecule has 0 fully saturated rings. The predicted molar refractivity (Wildman–Crippen MR) is 117 cm³/mol. The molecular formula is C20H20ClN5O4S. The van der Waals surface area contributed by atoms with Gasteiger partial charge in [-0.3, -0.25) is 14.7 Å². The first-order valence-electron chi connectivity index (χ1n) is 9.07. The fourth-order valence-electron chi connectivity index (χ4n) is 2.59. The average Bonchev–Trinajstić information content (AvgIpc) is 3.15. The van der Waals surface area contributed by atoms with E-state index >= 15 is 0 Å². The molecule has 1 heterocycles. The minimum atomic E-state index is -0.911. The molecule has 11 heteroatoms. The van der Waals surface area contributed by atoms with Gasteiger partial charge in [0.15, 0.2) is 11.0 Å². The Morgan fingerprint density at radius 1 is 1.16 bits per heavy atom. The van der Waals surface area contributed by atoms with Gasteiger partial charge in [-0.15, -0.1) is 10.2 Å². The molecule has 0 spiro atoms. The topological polar surface area (TPSA) is 121 Å². The van der Waals surface area contributed by atoms with Crippen LogP contribution in [0.1, 0.15) is 11.4 Å². The number of nitrogens with one attached hydrogen (secondary N) is 1. The molecule has 162 valence electrons. The van der Waals surface area contributed by atoms with E-state index in [-0.39, 0.29) is 12.4 Å². The van der Waals surface area contributed by atoms with Crippen molar-refractivity contribution in [3.8, 4) is 17.2 Å². The molecule has 0 aliphatic carbocycles. The number of primary amides is 1. The van der Waals surface area contributed by atoms with Gasteiger partial charge in [0.1, 0.15) is 18.1 Å². The van der Waals surface area contributed by atoms with Crippen LogP contribution in [0, 0.1) is 6.92 Å². The number of hydrogen-bond acceptors (Lipinski definition) is 7. The summed E-state index contributed by atoms with van der Waals surface area (Å²) >= 11 is 7.41. The van der Waals surface area contributed by atoms with E-state index in [0.717, 1.165) is 23.1 Å². The smallest absolute Gasteiger partial charge is 0.318 e. The lowest BCUT2D eigenvalue weighted by molar-refractivity contribution is -0.117. The first kappa shape index (κ1) is 22.4. The number of thioether (sulfide) groups is 1. The quantitative estimate of drug-likeness (QED) is 0.494. The zero-order valence-corrected chi connectivity index (χ0v) is 18.4. The van der Waals surface area contributed by atoms with Gasteiger partial charge in [-0.05, 0) is 48.9 Å². The molecule has 1 aromatic heterocycles. The normalized spacial score (nSPS) is 10.5. The number of ether oxygens (including phenoxy) is 2. The molecule has 0 bridgehead atoms. The first-order valence-corrected chi connectivity index (χ1v) is 10.4. The van der Waals surface area contributed by atoms with E-state index in [9.17, 15) is 9.59 Å². The number of rotatable bonds is 8. The van der Waals surface area contributed by atoms with Crippen molar-refractivity contribution in [3.05, 3.63) is 58.9 Å². The highest BCUT2D eigenvalue weighted by atomic mass is 35.5. The van der Waals surface area contributed by atoms with Crippen LogP contribution < -0.4 is 20.5 Å². The lowest BCUT2D eigenvalue weighted by Gasteiger charge is -2.12. The van der Waals surface area contributed by atoms with Crippen molar-refractivity contribution in [3.63, 3.8) is 0 Å². The van der Waals surface area contributed by atoms with Crippen molar-refractivity contribution in [2.45, 2.75) is 18.7 Å². The molecule has 3 rings (SSSR count). The molecule has 0 saturated heterocycles. The number of nitrogens with two attached hydrogens (primary N) is 1. The van der Waals surface area contributed by atoms with Crippen LogP contribution in [0.15, 0.2) is 47.6 Å². The zero-order valence-electron chi connectivity index (χ0n) is 16.8. The number of urea groups is 1. The summed E-state index contributed by atoms with van der Waals surface area (Å²) in [4.78, 5) is 22.6. The number of imide groups is 1. The Kier molecular flexibility index (Phi) is 7.37. The van der Waals surface area contributed by atoms with E-state index < -0.39 is 11.9 Å². The highest BCUT2D eigenvalue weighted by Gasteiger charge is 2.17. The van der Waals surface area contributed by atoms with Gasteiger partial charge in [-0.1, -0.05) is 29.4 Å². The highest BCUT2D eigenvalue weighted by molar-refractivity contribution is 7.99. The second-order valence-corrected chi connectivity index (χ2v) is 7.68. The number of carbonyl (C=O) groups is 2. The highest BCUT2D eigenvalue weighted by Crippen LogP contribution is 2.26. The van der Waals surface area contributed by atoms with Crippen molar-refractivity contribution in [1.82, 2.24) is 20.1 Å². The molecule has 0 radical (unpaired) electrons. The molecule has 0 unspecified atom stereocenters. The Bertz CT molecular complexity index is 1090. The molecule has 2 aromatic carbocycles. The number of methoxy groups -OCH3 is 1. The Hall–Kier alpha value is -3.24. The van der Waals surface area contributed by atoms with E-state index in [2.05, 4.69) is 10.2 Å². The number of hydrogen-bond donors (Lipinski definition) is 2. The largest absolute Gasteiger partial charge is 0.497 e. The van der Waals surface area contributed by atoms with E-state index in [4.69, 9.17) is 26.8 Å². The van der Waals surface area contributed by atoms with Crippen molar-refractivity contribution < 1.29 is 19.1 Å². The third kappa shape index (κ3) is 5.89. The summed E-state index contributed by atoms with van der Waals surface area (Å²) in [5.41, 5.74) is 6.61. The molecule has 0 atom stereocenters. The summed E-state index contributed by atoms with van der Waals surface area (Å²) in [5.74, 6) is 1.25. The van der Waals surface area contributed by atoms with Gasteiger partial charge in [-0.25, -0.2) is 4.79 Å². The van der Waals surface area contributed by atoms with Gasteiger partial charge in [0.2, 0.25) is 5.91 Å². The van der Waals surface area contributed by atoms with Crippen molar-refractivity contribution >= 4 is 35.3 Å². The predicted octanol–water partition coefficient (Wildman–Crippen LogP) is 3.10. The fraction of sp³-hybridized carbons (Fsp3) is 0.200. The van der Waals surface area contributed by atoms with Gasteiger partial charge in [0, 0.05) is 5.02 Å². The third-order valence-corrected chi connectivity index (χ3v) is 5.47. The maximum atomic E-state index is 11.8. The Labute approximate surface area is 187 Å². The van der Waals surface area contributed by atoms with Gasteiger partial charge in [0.25, 0.3) is 0 Å². The molecule has 31 heavy (non-hydrogen) atoms. The molecule has 3 aromatic rings. The van der Waals surface area contributed by atoms with Crippen LogP contribution in [-0.4, -0.2) is 39.6 Å². The summed E-state index contributed by atoms with van der Waals surface area (Å²) in [6.45, 7) is 2.02. The first-order chi connectivity index (χ1) is 14.9. The third-order valence-electron chi connectivity index (χ3n) is 4.14. The summed E-state index contributed by atoms with van der Waals surface area (Å²) in [5, 5.41) is 11.4. The maximum absolute atomic E-state index is 11.8. The molecule has 0 aliphatic rings. The molecule has 3 amide bonds. The van der Waals surface area contributed by atoms with E-state index in [0.29, 0.717) is 27.4 Å². The van der Waals surface area contributed by atoms with Crippen LogP contribution in [-0.2, 0) is 11.4 Å². The summed E-state index contributed by atoms with van der Waals surface area (Å²) in [7, 11) is 1.59. The molecule has 0 saturated carbocycles. The lowest BCUT2D eigenvalue weighted by atomic mass is 10.2. The lowest BCUT2D eigenvalue weighted by Crippen LogP contribution is -2.36. The number of halogens is 1.